The molecule has 0 spiro atoms. The molecule has 1 heterocycles. The molecule has 2 unspecified atom stereocenters. The van der Waals surface area contributed by atoms with Crippen molar-refractivity contribution >= 4 is 0 Å². The van der Waals surface area contributed by atoms with Crippen molar-refractivity contribution in [2.75, 3.05) is 13.2 Å². The summed E-state index contributed by atoms with van der Waals surface area (Å²) < 4.78 is 7.65. The number of ether oxygens (including phenoxy) is 1. The van der Waals surface area contributed by atoms with Crippen LogP contribution in [0.4, 0.5) is 0 Å². The van der Waals surface area contributed by atoms with Gasteiger partial charge in [-0.15, -0.1) is 0 Å². The second-order valence-corrected chi connectivity index (χ2v) is 3.59. The van der Waals surface area contributed by atoms with Gasteiger partial charge in [0.2, 0.25) is 0 Å². The molecular weight excluding hydrogens is 190 g/mol. The maximum atomic E-state index is 5.62. The molecule has 0 bridgehead atoms. The number of nitrogens with zero attached hydrogens (tertiary/aromatic N) is 2. The van der Waals surface area contributed by atoms with Crippen LogP contribution in [-0.4, -0.2) is 28.8 Å². The van der Waals surface area contributed by atoms with Crippen molar-refractivity contribution in [3.05, 3.63) is 18.2 Å². The Hall–Kier alpha value is -0.870. The predicted octanol–water partition coefficient (Wildman–Crippen LogP) is 1.50. The zero-order valence-corrected chi connectivity index (χ0v) is 10.0. The molecule has 0 radical (unpaired) electrons. The molecule has 0 aliphatic rings. The van der Waals surface area contributed by atoms with E-state index in [9.17, 15) is 0 Å². The maximum Gasteiger partial charge on any atom is 0.128 e. The summed E-state index contributed by atoms with van der Waals surface area (Å²) in [6.45, 7) is 7.82. The second-order valence-electron chi connectivity index (χ2n) is 3.59. The summed E-state index contributed by atoms with van der Waals surface area (Å²) in [6.07, 6.45) is 3.91. The molecule has 1 aromatic rings. The van der Waals surface area contributed by atoms with Gasteiger partial charge in [0.05, 0.1) is 12.1 Å². The minimum absolute atomic E-state index is 0.135. The summed E-state index contributed by atoms with van der Waals surface area (Å²) >= 11 is 0. The third kappa shape index (κ3) is 3.04. The van der Waals surface area contributed by atoms with Gasteiger partial charge in [0.25, 0.3) is 0 Å². The van der Waals surface area contributed by atoms with E-state index in [2.05, 4.69) is 24.1 Å². The first kappa shape index (κ1) is 12.2. The monoisotopic (exact) mass is 211 g/mol. The van der Waals surface area contributed by atoms with E-state index in [1.54, 1.807) is 0 Å². The van der Waals surface area contributed by atoms with Crippen LogP contribution >= 0.6 is 0 Å². The first-order valence-corrected chi connectivity index (χ1v) is 5.52. The molecule has 1 rings (SSSR count). The highest BCUT2D eigenvalue weighted by molar-refractivity contribution is 5.01. The number of nitrogens with one attached hydrogen (secondary N) is 1. The van der Waals surface area contributed by atoms with Crippen molar-refractivity contribution in [3.63, 3.8) is 0 Å². The Kier molecular flexibility index (Phi) is 4.78. The van der Waals surface area contributed by atoms with E-state index < -0.39 is 0 Å². The number of imidazole rings is 1. The van der Waals surface area contributed by atoms with Crippen molar-refractivity contribution in [1.82, 2.24) is 14.9 Å². The van der Waals surface area contributed by atoms with Gasteiger partial charge in [-0.1, -0.05) is 6.92 Å². The van der Waals surface area contributed by atoms with E-state index >= 15 is 0 Å². The number of hydrogen-bond acceptors (Lipinski definition) is 3. The molecule has 1 N–H and O–H groups in total. The smallest absolute Gasteiger partial charge is 0.128 e. The lowest BCUT2D eigenvalue weighted by Crippen LogP contribution is -2.33. The molecule has 0 saturated heterocycles. The van der Waals surface area contributed by atoms with Gasteiger partial charge in [0, 0.05) is 26.0 Å². The first-order chi connectivity index (χ1) is 7.20. The van der Waals surface area contributed by atoms with E-state index in [1.165, 1.54) is 0 Å². The van der Waals surface area contributed by atoms with Crippen LogP contribution in [0.15, 0.2) is 12.4 Å². The molecule has 4 heteroatoms. The third-order valence-electron chi connectivity index (χ3n) is 2.46. The zero-order chi connectivity index (χ0) is 11.3. The Morgan fingerprint density at radius 3 is 2.73 bits per heavy atom. The van der Waals surface area contributed by atoms with Crippen molar-refractivity contribution in [1.29, 1.82) is 0 Å². The molecule has 0 amide bonds. The van der Waals surface area contributed by atoms with Crippen LogP contribution in [0.2, 0.25) is 0 Å². The van der Waals surface area contributed by atoms with Crippen LogP contribution in [0.5, 0.6) is 0 Å². The molecule has 1 aromatic heterocycles. The van der Waals surface area contributed by atoms with Crippen molar-refractivity contribution in [2.45, 2.75) is 32.9 Å². The Morgan fingerprint density at radius 1 is 1.53 bits per heavy atom. The molecular formula is C11H21N3O. The van der Waals surface area contributed by atoms with E-state index in [0.717, 1.165) is 19.0 Å². The average molecular weight is 211 g/mol. The van der Waals surface area contributed by atoms with Crippen molar-refractivity contribution in [2.24, 2.45) is 7.05 Å². The summed E-state index contributed by atoms with van der Waals surface area (Å²) in [6, 6.07) is 0.162. The van der Waals surface area contributed by atoms with E-state index in [1.807, 2.05) is 30.9 Å². The largest absolute Gasteiger partial charge is 0.377 e. The predicted molar refractivity (Wildman–Crippen MR) is 60.7 cm³/mol. The van der Waals surface area contributed by atoms with Crippen molar-refractivity contribution in [3.8, 4) is 0 Å². The molecule has 0 saturated carbocycles. The zero-order valence-electron chi connectivity index (χ0n) is 10.0. The number of aromatic nitrogens is 2. The van der Waals surface area contributed by atoms with Crippen LogP contribution in [0.1, 0.15) is 32.6 Å². The van der Waals surface area contributed by atoms with Gasteiger partial charge in [0.15, 0.2) is 0 Å². The van der Waals surface area contributed by atoms with Crippen molar-refractivity contribution < 1.29 is 4.74 Å². The van der Waals surface area contributed by atoms with Crippen LogP contribution in [0, 0.1) is 0 Å². The summed E-state index contributed by atoms with van der Waals surface area (Å²) in [4.78, 5) is 4.36. The molecule has 4 nitrogen and oxygen atoms in total. The fourth-order valence-electron chi connectivity index (χ4n) is 1.72. The standard InChI is InChI=1S/C11H21N3O/c1-5-12-10(9(3)15-6-2)11-13-7-8-14(11)4/h7-10,12H,5-6H2,1-4H3. The second kappa shape index (κ2) is 5.88. The van der Waals surface area contributed by atoms with Gasteiger partial charge >= 0.3 is 0 Å². The van der Waals surface area contributed by atoms with Crippen LogP contribution in [-0.2, 0) is 11.8 Å². The molecule has 0 aromatic carbocycles. The van der Waals surface area contributed by atoms with E-state index in [4.69, 9.17) is 4.74 Å². The molecule has 0 aliphatic carbocycles. The van der Waals surface area contributed by atoms with Gasteiger partial charge in [0.1, 0.15) is 5.82 Å². The van der Waals surface area contributed by atoms with Crippen LogP contribution < -0.4 is 5.32 Å². The lowest BCUT2D eigenvalue weighted by Gasteiger charge is -2.24. The summed E-state index contributed by atoms with van der Waals surface area (Å²) in [7, 11) is 2.01. The lowest BCUT2D eigenvalue weighted by atomic mass is 10.1. The van der Waals surface area contributed by atoms with E-state index in [-0.39, 0.29) is 12.1 Å². The van der Waals surface area contributed by atoms with Gasteiger partial charge < -0.3 is 14.6 Å². The summed E-state index contributed by atoms with van der Waals surface area (Å²) in [5, 5.41) is 3.40. The van der Waals surface area contributed by atoms with Crippen LogP contribution in [0.3, 0.4) is 0 Å². The van der Waals surface area contributed by atoms with Gasteiger partial charge in [-0.3, -0.25) is 0 Å². The fourth-order valence-corrected chi connectivity index (χ4v) is 1.72. The first-order valence-electron chi connectivity index (χ1n) is 5.52. The summed E-state index contributed by atoms with van der Waals surface area (Å²) in [5.74, 6) is 1.03. The van der Waals surface area contributed by atoms with Gasteiger partial charge in [-0.05, 0) is 20.4 Å². The Bertz CT molecular complexity index is 285. The quantitative estimate of drug-likeness (QED) is 0.775. The maximum absolute atomic E-state index is 5.62. The number of likely N-dealkylation sites (N-methyl/N-ethyl adjacent to an activating group) is 1. The van der Waals surface area contributed by atoms with Gasteiger partial charge in [-0.2, -0.15) is 0 Å². The van der Waals surface area contributed by atoms with Gasteiger partial charge in [-0.25, -0.2) is 4.98 Å². The highest BCUT2D eigenvalue weighted by Crippen LogP contribution is 2.16. The lowest BCUT2D eigenvalue weighted by molar-refractivity contribution is 0.0446. The minimum Gasteiger partial charge on any atom is -0.377 e. The molecule has 2 atom stereocenters. The number of aryl methyl sites for hydroxylation is 1. The topological polar surface area (TPSA) is 39.1 Å². The highest BCUT2D eigenvalue weighted by atomic mass is 16.5. The third-order valence-corrected chi connectivity index (χ3v) is 2.46. The Labute approximate surface area is 91.7 Å². The average Bonchev–Trinajstić information content (AvgIpc) is 2.61. The Balaban J connectivity index is 2.77. The number of hydrogen-bond donors (Lipinski definition) is 1. The molecule has 15 heavy (non-hydrogen) atoms. The molecule has 0 aliphatic heterocycles. The fraction of sp³-hybridized carbons (Fsp3) is 0.727. The highest BCUT2D eigenvalue weighted by Gasteiger charge is 2.21. The minimum atomic E-state index is 0.135. The Morgan fingerprint density at radius 2 is 2.27 bits per heavy atom. The van der Waals surface area contributed by atoms with E-state index in [0.29, 0.717) is 0 Å². The summed E-state index contributed by atoms with van der Waals surface area (Å²) in [5.41, 5.74) is 0. The molecule has 0 fully saturated rings. The normalized spacial score (nSPS) is 15.2. The SMILES string of the molecule is CCNC(c1nccn1C)C(C)OCC. The van der Waals surface area contributed by atoms with Crippen LogP contribution in [0.25, 0.3) is 0 Å². The number of rotatable bonds is 6. The molecule has 86 valence electrons.